The van der Waals surface area contributed by atoms with Gasteiger partial charge in [-0.3, -0.25) is 9.69 Å². The SMILES string of the molecule is CCN(C(=O)NCc1ccc(Cl)c(Cl)c1)C1CCN(C[C@H]2CN([C@@H](C(=O)O)C3CCCCC3)C[C@@H]2c2ccccc2)CC1. The number of benzene rings is 2. The molecule has 2 heterocycles. The molecule has 0 radical (unpaired) electrons. The van der Waals surface area contributed by atoms with Crippen molar-refractivity contribution in [1.82, 2.24) is 20.0 Å². The molecule has 234 valence electrons. The summed E-state index contributed by atoms with van der Waals surface area (Å²) >= 11 is 12.2. The molecule has 0 unspecified atom stereocenters. The molecule has 3 aliphatic rings. The summed E-state index contributed by atoms with van der Waals surface area (Å²) in [5.41, 5.74) is 2.23. The Kier molecular flexibility index (Phi) is 11.3. The number of nitrogens with zero attached hydrogens (tertiary/aromatic N) is 3. The first-order valence-corrected chi connectivity index (χ1v) is 16.8. The highest BCUT2D eigenvalue weighted by Crippen LogP contribution is 2.38. The average molecular weight is 630 g/mol. The predicted molar refractivity (Wildman–Crippen MR) is 173 cm³/mol. The van der Waals surface area contributed by atoms with Crippen molar-refractivity contribution in [2.24, 2.45) is 11.8 Å². The fraction of sp³-hybridized carbons (Fsp3) is 0.588. The zero-order valence-electron chi connectivity index (χ0n) is 25.3. The highest BCUT2D eigenvalue weighted by molar-refractivity contribution is 6.42. The van der Waals surface area contributed by atoms with Crippen LogP contribution in [0.1, 0.15) is 68.9 Å². The van der Waals surface area contributed by atoms with Gasteiger partial charge < -0.3 is 20.2 Å². The van der Waals surface area contributed by atoms with Crippen LogP contribution in [-0.2, 0) is 11.3 Å². The molecule has 2 N–H and O–H groups in total. The first-order valence-electron chi connectivity index (χ1n) is 16.1. The van der Waals surface area contributed by atoms with E-state index in [0.29, 0.717) is 35.0 Å². The van der Waals surface area contributed by atoms with Gasteiger partial charge in [-0.25, -0.2) is 4.79 Å². The number of carboxylic acid groups (broad SMARTS) is 1. The number of carbonyl (C=O) groups is 2. The number of carboxylic acids is 1. The molecular weight excluding hydrogens is 583 g/mol. The Bertz CT molecular complexity index is 1220. The molecule has 2 saturated heterocycles. The van der Waals surface area contributed by atoms with Crippen LogP contribution in [0.15, 0.2) is 48.5 Å². The van der Waals surface area contributed by atoms with E-state index in [9.17, 15) is 14.7 Å². The van der Waals surface area contributed by atoms with E-state index in [1.165, 1.54) is 12.0 Å². The molecule has 7 nitrogen and oxygen atoms in total. The number of halogens is 2. The van der Waals surface area contributed by atoms with E-state index in [-0.39, 0.29) is 24.0 Å². The topological polar surface area (TPSA) is 76.1 Å². The van der Waals surface area contributed by atoms with E-state index in [2.05, 4.69) is 45.4 Å². The maximum absolute atomic E-state index is 13.1. The summed E-state index contributed by atoms with van der Waals surface area (Å²) in [7, 11) is 0. The number of carbonyl (C=O) groups excluding carboxylic acids is 1. The lowest BCUT2D eigenvalue weighted by Crippen LogP contribution is -2.51. The highest BCUT2D eigenvalue weighted by atomic mass is 35.5. The molecule has 5 rings (SSSR count). The number of likely N-dealkylation sites (tertiary alicyclic amines) is 2. The average Bonchev–Trinajstić information content (AvgIpc) is 3.42. The minimum atomic E-state index is -0.655. The van der Waals surface area contributed by atoms with Crippen molar-refractivity contribution in [1.29, 1.82) is 0 Å². The van der Waals surface area contributed by atoms with Crippen LogP contribution in [0.3, 0.4) is 0 Å². The van der Waals surface area contributed by atoms with Crippen LogP contribution in [-0.4, -0.2) is 83.2 Å². The molecule has 3 fully saturated rings. The number of amides is 2. The number of hydrogen-bond acceptors (Lipinski definition) is 4. The van der Waals surface area contributed by atoms with Crippen molar-refractivity contribution in [3.05, 3.63) is 69.7 Å². The number of aliphatic carboxylic acids is 1. The van der Waals surface area contributed by atoms with Crippen molar-refractivity contribution in [2.45, 2.75) is 76.4 Å². The van der Waals surface area contributed by atoms with Crippen molar-refractivity contribution in [2.75, 3.05) is 39.3 Å². The summed E-state index contributed by atoms with van der Waals surface area (Å²) in [6.45, 7) is 7.55. The van der Waals surface area contributed by atoms with Gasteiger partial charge in [0.2, 0.25) is 0 Å². The highest BCUT2D eigenvalue weighted by Gasteiger charge is 2.43. The van der Waals surface area contributed by atoms with Gasteiger partial charge in [0.15, 0.2) is 0 Å². The lowest BCUT2D eigenvalue weighted by molar-refractivity contribution is -0.145. The quantitative estimate of drug-likeness (QED) is 0.305. The number of piperidine rings is 1. The molecule has 2 aromatic carbocycles. The summed E-state index contributed by atoms with van der Waals surface area (Å²) in [4.78, 5) is 32.5. The number of rotatable bonds is 10. The van der Waals surface area contributed by atoms with Gasteiger partial charge in [0, 0.05) is 57.8 Å². The Morgan fingerprint density at radius 2 is 1.70 bits per heavy atom. The lowest BCUT2D eigenvalue weighted by atomic mass is 9.83. The summed E-state index contributed by atoms with van der Waals surface area (Å²) < 4.78 is 0. The van der Waals surface area contributed by atoms with Gasteiger partial charge in [-0.2, -0.15) is 0 Å². The van der Waals surface area contributed by atoms with Gasteiger partial charge in [-0.1, -0.05) is 78.9 Å². The minimum absolute atomic E-state index is 0.0509. The third kappa shape index (κ3) is 8.05. The summed E-state index contributed by atoms with van der Waals surface area (Å²) in [6.07, 6.45) is 7.42. The second-order valence-electron chi connectivity index (χ2n) is 12.6. The van der Waals surface area contributed by atoms with E-state index >= 15 is 0 Å². The largest absolute Gasteiger partial charge is 0.480 e. The summed E-state index contributed by atoms with van der Waals surface area (Å²) in [6, 6.07) is 15.9. The van der Waals surface area contributed by atoms with Crippen molar-refractivity contribution in [3.63, 3.8) is 0 Å². The Morgan fingerprint density at radius 1 is 0.977 bits per heavy atom. The third-order valence-corrected chi connectivity index (χ3v) is 10.7. The fourth-order valence-corrected chi connectivity index (χ4v) is 8.06. The van der Waals surface area contributed by atoms with Crippen LogP contribution >= 0.6 is 23.2 Å². The van der Waals surface area contributed by atoms with Crippen LogP contribution in [0.2, 0.25) is 10.0 Å². The molecule has 0 aromatic heterocycles. The van der Waals surface area contributed by atoms with Crippen molar-refractivity contribution in [3.8, 4) is 0 Å². The minimum Gasteiger partial charge on any atom is -0.480 e. The molecule has 2 aromatic rings. The predicted octanol–water partition coefficient (Wildman–Crippen LogP) is 6.74. The second-order valence-corrected chi connectivity index (χ2v) is 13.5. The molecule has 43 heavy (non-hydrogen) atoms. The number of urea groups is 1. The maximum Gasteiger partial charge on any atom is 0.321 e. The first kappa shape index (κ1) is 32.1. The van der Waals surface area contributed by atoms with Gasteiger partial charge in [-0.15, -0.1) is 0 Å². The molecule has 1 saturated carbocycles. The fourth-order valence-electron chi connectivity index (χ4n) is 7.74. The van der Waals surface area contributed by atoms with Crippen LogP contribution in [0.25, 0.3) is 0 Å². The lowest BCUT2D eigenvalue weighted by Gasteiger charge is -2.39. The van der Waals surface area contributed by atoms with Crippen LogP contribution in [0.4, 0.5) is 4.79 Å². The number of hydrogen-bond donors (Lipinski definition) is 2. The third-order valence-electron chi connectivity index (χ3n) is 9.96. The van der Waals surface area contributed by atoms with E-state index < -0.39 is 5.97 Å². The molecule has 9 heteroatoms. The van der Waals surface area contributed by atoms with Gasteiger partial charge in [0.1, 0.15) is 6.04 Å². The Labute approximate surface area is 266 Å². The standard InChI is InChI=1S/C34H46Cl2N4O3/c1-2-40(34(43)37-20-24-13-14-30(35)31(36)19-24)28-15-17-38(18-16-28)21-27-22-39(23-29(27)25-9-5-3-6-10-25)32(33(41)42)26-11-7-4-8-12-26/h3,5-6,9-10,13-14,19,26-29,32H,2,4,7-8,11-12,15-18,20-23H2,1H3,(H,37,43)(H,41,42)/t27-,29+,32+/m0/s1. The Balaban J connectivity index is 1.19. The molecule has 3 atom stereocenters. The first-order chi connectivity index (χ1) is 20.8. The second kappa shape index (κ2) is 15.1. The van der Waals surface area contributed by atoms with Crippen LogP contribution in [0, 0.1) is 11.8 Å². The van der Waals surface area contributed by atoms with E-state index in [4.69, 9.17) is 23.2 Å². The molecule has 0 spiro atoms. The van der Waals surface area contributed by atoms with E-state index in [1.807, 2.05) is 17.9 Å². The smallest absolute Gasteiger partial charge is 0.321 e. The van der Waals surface area contributed by atoms with Gasteiger partial charge in [0.05, 0.1) is 10.0 Å². The van der Waals surface area contributed by atoms with Crippen LogP contribution in [0.5, 0.6) is 0 Å². The zero-order chi connectivity index (χ0) is 30.3. The molecule has 2 amide bonds. The monoisotopic (exact) mass is 628 g/mol. The van der Waals surface area contributed by atoms with Crippen LogP contribution < -0.4 is 5.32 Å². The van der Waals surface area contributed by atoms with Gasteiger partial charge >= 0.3 is 12.0 Å². The van der Waals surface area contributed by atoms with E-state index in [0.717, 1.165) is 76.8 Å². The normalized spacial score (nSPS) is 23.2. The van der Waals surface area contributed by atoms with Gasteiger partial charge in [0.25, 0.3) is 0 Å². The van der Waals surface area contributed by atoms with Crippen molar-refractivity contribution >= 4 is 35.2 Å². The summed E-state index contributed by atoms with van der Waals surface area (Å²) in [5, 5.41) is 14.4. The Hall–Kier alpha value is -2.32. The van der Waals surface area contributed by atoms with E-state index in [1.54, 1.807) is 12.1 Å². The molecule has 2 aliphatic heterocycles. The van der Waals surface area contributed by atoms with Crippen molar-refractivity contribution < 1.29 is 14.7 Å². The Morgan fingerprint density at radius 3 is 2.35 bits per heavy atom. The van der Waals surface area contributed by atoms with Gasteiger partial charge in [-0.05, 0) is 67.7 Å². The number of nitrogens with one attached hydrogen (secondary N) is 1. The zero-order valence-corrected chi connectivity index (χ0v) is 26.8. The molecule has 1 aliphatic carbocycles. The maximum atomic E-state index is 13.1. The summed E-state index contributed by atoms with van der Waals surface area (Å²) in [5.74, 6) is 0.294. The molecular formula is C34H46Cl2N4O3. The molecule has 0 bridgehead atoms.